The number of esters is 3. The number of aromatic nitrogens is 3. The first-order valence-electron chi connectivity index (χ1n) is 26.2. The Kier molecular flexibility index (Phi) is 30.1. The molecule has 2 aliphatic rings. The Hall–Kier alpha value is -5.52. The van der Waals surface area contributed by atoms with Gasteiger partial charge in [0.25, 0.3) is 11.8 Å². The molecule has 0 saturated carbocycles. The second-order valence-corrected chi connectivity index (χ2v) is 19.4. The van der Waals surface area contributed by atoms with Crippen LogP contribution in [0.2, 0.25) is 0 Å². The number of carbonyl (C=O) groups is 8. The van der Waals surface area contributed by atoms with E-state index in [1.807, 2.05) is 27.7 Å². The van der Waals surface area contributed by atoms with Gasteiger partial charge in [0, 0.05) is 91.3 Å². The van der Waals surface area contributed by atoms with Crippen LogP contribution in [0.25, 0.3) is 0 Å². The highest BCUT2D eigenvalue weighted by atomic mass is 16.7. The molecule has 442 valence electrons. The summed E-state index contributed by atoms with van der Waals surface area (Å²) in [7, 11) is 0. The Morgan fingerprint density at radius 3 is 2.04 bits per heavy atom. The molecular formula is C51H83N7O20. The molecule has 78 heavy (non-hydrogen) atoms. The maximum absolute atomic E-state index is 12.2. The molecule has 27 nitrogen and oxygen atoms in total. The maximum atomic E-state index is 12.2. The molecule has 0 radical (unpaired) electrons. The molecule has 0 spiro atoms. The van der Waals surface area contributed by atoms with Crippen molar-refractivity contribution in [1.82, 2.24) is 35.8 Å². The molecule has 27 heteroatoms. The van der Waals surface area contributed by atoms with Gasteiger partial charge in [0.1, 0.15) is 24.5 Å². The normalized spacial score (nSPS) is 20.0. The largest absolute Gasteiger partial charge is 0.463 e. The van der Waals surface area contributed by atoms with Gasteiger partial charge >= 0.3 is 17.9 Å². The Morgan fingerprint density at radius 2 is 1.38 bits per heavy atom. The third-order valence-electron chi connectivity index (χ3n) is 12.2. The van der Waals surface area contributed by atoms with Crippen molar-refractivity contribution in [3.63, 3.8) is 0 Å². The van der Waals surface area contributed by atoms with Crippen LogP contribution in [-0.4, -0.2) is 215 Å². The molecule has 1 saturated heterocycles. The minimum atomic E-state index is -1.58. The van der Waals surface area contributed by atoms with Crippen molar-refractivity contribution >= 4 is 47.4 Å². The summed E-state index contributed by atoms with van der Waals surface area (Å²) in [6.07, 6.45) is 2.47. The second kappa shape index (κ2) is 35.2. The van der Waals surface area contributed by atoms with Gasteiger partial charge in [-0.1, -0.05) is 12.1 Å². The van der Waals surface area contributed by atoms with E-state index in [1.54, 1.807) is 10.9 Å². The molecule has 3 rings (SSSR count). The fraction of sp³-hybridized carbons (Fsp3) is 0.765. The predicted molar refractivity (Wildman–Crippen MR) is 273 cm³/mol. The average Bonchev–Trinajstić information content (AvgIpc) is 4.00. The lowest BCUT2D eigenvalue weighted by Crippen LogP contribution is -2.68. The van der Waals surface area contributed by atoms with E-state index >= 15 is 0 Å². The molecule has 3 heterocycles. The third-order valence-corrected chi connectivity index (χ3v) is 12.2. The fourth-order valence-corrected chi connectivity index (χ4v) is 7.56. The number of ether oxygens (including phenoxy) is 12. The molecule has 1 aromatic rings. The van der Waals surface area contributed by atoms with Crippen LogP contribution in [0, 0.1) is 5.92 Å². The molecule has 0 aliphatic carbocycles. The molecule has 0 bridgehead atoms. The van der Waals surface area contributed by atoms with Gasteiger partial charge in [-0.25, -0.2) is 4.68 Å². The average molecular weight is 1110 g/mol. The molecule has 1 fully saturated rings. The molecule has 2 aliphatic heterocycles. The third kappa shape index (κ3) is 26.4. The topological polar surface area (TPSA) is 317 Å². The Morgan fingerprint density at radius 1 is 0.756 bits per heavy atom. The first kappa shape index (κ1) is 66.8. The van der Waals surface area contributed by atoms with Crippen molar-refractivity contribution in [2.75, 3.05) is 112 Å². The predicted octanol–water partition coefficient (Wildman–Crippen LogP) is 0.480. The lowest BCUT2D eigenvalue weighted by atomic mass is 9.83. The second-order valence-electron chi connectivity index (χ2n) is 19.4. The number of hydrogen-bond donors (Lipinski definition) is 3. The summed E-state index contributed by atoms with van der Waals surface area (Å²) in [5.74, 6) is -5.13. The lowest BCUT2D eigenvalue weighted by molar-refractivity contribution is -0.345. The minimum absolute atomic E-state index is 0.0111. The van der Waals surface area contributed by atoms with Crippen molar-refractivity contribution < 1.29 is 95.2 Å². The molecule has 6 atom stereocenters. The monoisotopic (exact) mass is 1110 g/mol. The van der Waals surface area contributed by atoms with Crippen molar-refractivity contribution in [2.45, 2.75) is 136 Å². The van der Waals surface area contributed by atoms with E-state index in [4.69, 9.17) is 56.8 Å². The van der Waals surface area contributed by atoms with Crippen LogP contribution in [-0.2, 0) is 108 Å². The van der Waals surface area contributed by atoms with Crippen LogP contribution < -0.4 is 16.0 Å². The smallest absolute Gasteiger partial charge is 0.303 e. The summed E-state index contributed by atoms with van der Waals surface area (Å²) >= 11 is 0. The zero-order valence-corrected chi connectivity index (χ0v) is 46.8. The van der Waals surface area contributed by atoms with Crippen molar-refractivity contribution in [2.24, 2.45) is 5.92 Å². The quantitative estimate of drug-likeness (QED) is 0.0347. The number of hydrogen-bond acceptors (Lipinski definition) is 22. The number of carbonyl (C=O) groups excluding carboxylic acids is 8. The molecule has 6 unspecified atom stereocenters. The van der Waals surface area contributed by atoms with Gasteiger partial charge < -0.3 is 72.8 Å². The fourth-order valence-electron chi connectivity index (χ4n) is 7.56. The number of amides is 5. The Bertz CT molecular complexity index is 2070. The lowest BCUT2D eigenvalue weighted by Gasteiger charge is -2.51. The first-order valence-corrected chi connectivity index (χ1v) is 26.2. The molecular weight excluding hydrogens is 1030 g/mol. The van der Waals surface area contributed by atoms with E-state index in [0.29, 0.717) is 58.2 Å². The van der Waals surface area contributed by atoms with Gasteiger partial charge in [-0.3, -0.25) is 43.3 Å². The number of rotatable bonds is 41. The van der Waals surface area contributed by atoms with Crippen LogP contribution in [0.3, 0.4) is 0 Å². The van der Waals surface area contributed by atoms with Gasteiger partial charge in [0.05, 0.1) is 110 Å². The summed E-state index contributed by atoms with van der Waals surface area (Å²) in [6.45, 7) is 18.5. The SMILES string of the molecule is CC(=O)NCC1(OCCOCCOCCn2cc(COCCC(C)(C)OCC(C)C(C)OCCNC(=O)CCOCCOCCNC(=O)CCN3C(=O)C=CC3=O)nn2)CC(OC(C)=O)C(C)(OC(C)=O)C(COC(C)=O)O1. The van der Waals surface area contributed by atoms with Gasteiger partial charge in [-0.2, -0.15) is 0 Å². The van der Waals surface area contributed by atoms with Gasteiger partial charge in [-0.15, -0.1) is 5.10 Å². The molecule has 0 aromatic carbocycles. The summed E-state index contributed by atoms with van der Waals surface area (Å²) < 4.78 is 70.9. The maximum Gasteiger partial charge on any atom is 0.303 e. The minimum Gasteiger partial charge on any atom is -0.463 e. The van der Waals surface area contributed by atoms with Crippen LogP contribution in [0.4, 0.5) is 0 Å². The van der Waals surface area contributed by atoms with E-state index in [2.05, 4.69) is 26.3 Å². The zero-order chi connectivity index (χ0) is 57.6. The summed E-state index contributed by atoms with van der Waals surface area (Å²) in [6, 6.07) is 0. The van der Waals surface area contributed by atoms with Gasteiger partial charge in [0.15, 0.2) is 11.4 Å². The number of nitrogens with zero attached hydrogens (tertiary/aromatic N) is 4. The van der Waals surface area contributed by atoms with E-state index in [0.717, 1.165) is 4.90 Å². The summed E-state index contributed by atoms with van der Waals surface area (Å²) in [5.41, 5.74) is -1.36. The Labute approximate surface area is 455 Å². The van der Waals surface area contributed by atoms with Crippen LogP contribution in [0.15, 0.2) is 18.3 Å². The van der Waals surface area contributed by atoms with Crippen LogP contribution in [0.5, 0.6) is 0 Å². The highest BCUT2D eigenvalue weighted by Gasteiger charge is 2.59. The highest BCUT2D eigenvalue weighted by molar-refractivity contribution is 6.13. The van der Waals surface area contributed by atoms with E-state index in [-0.39, 0.29) is 128 Å². The van der Waals surface area contributed by atoms with Crippen molar-refractivity contribution in [1.29, 1.82) is 0 Å². The van der Waals surface area contributed by atoms with Crippen LogP contribution >= 0.6 is 0 Å². The van der Waals surface area contributed by atoms with Gasteiger partial charge in [-0.05, 0) is 34.1 Å². The molecule has 1 aromatic heterocycles. The van der Waals surface area contributed by atoms with E-state index < -0.39 is 58.9 Å². The first-order chi connectivity index (χ1) is 37.0. The zero-order valence-electron chi connectivity index (χ0n) is 46.8. The Balaban J connectivity index is 1.20. The standard InChI is InChI=1S/C51H83N7O20/c1-36(37(2)72-22-16-53-46(64)13-19-67-24-25-68-21-15-52-45(63)12-17-58-47(65)10-11-48(58)66)32-75-49(7,8)14-20-71-33-42-31-57(56-55-42)18-23-69-26-27-70-28-29-74-51(35-54-38(3)59)30-43(76-40(5)61)50(9,77-41(6)62)44(78-51)34-73-39(4)60/h10-11,31,36-37,43-44H,12-30,32-35H2,1-9H3,(H,52,63)(H,53,64)(H,54,59). The summed E-state index contributed by atoms with van der Waals surface area (Å²) in [5, 5.41) is 16.5. The number of nitrogens with one attached hydrogen (secondary N) is 3. The summed E-state index contributed by atoms with van der Waals surface area (Å²) in [4.78, 5) is 96.2. The molecule has 3 N–H and O–H groups in total. The van der Waals surface area contributed by atoms with Crippen LogP contribution in [0.1, 0.15) is 93.7 Å². The number of imide groups is 1. The van der Waals surface area contributed by atoms with E-state index in [9.17, 15) is 38.4 Å². The van der Waals surface area contributed by atoms with E-state index in [1.165, 1.54) is 46.8 Å². The van der Waals surface area contributed by atoms with Crippen molar-refractivity contribution in [3.05, 3.63) is 24.0 Å². The van der Waals surface area contributed by atoms with Crippen molar-refractivity contribution in [3.8, 4) is 0 Å². The molecule has 5 amide bonds. The highest BCUT2D eigenvalue weighted by Crippen LogP contribution is 2.41. The van der Waals surface area contributed by atoms with Gasteiger partial charge in [0.2, 0.25) is 17.7 Å².